The van der Waals surface area contributed by atoms with Crippen molar-refractivity contribution in [3.63, 3.8) is 0 Å². The van der Waals surface area contributed by atoms with Gasteiger partial charge in [0.25, 0.3) is 0 Å². The second-order valence-corrected chi connectivity index (χ2v) is 14.3. The highest BCUT2D eigenvalue weighted by Gasteiger charge is 2.55. The highest BCUT2D eigenvalue weighted by atomic mass is 35.5. The van der Waals surface area contributed by atoms with Crippen LogP contribution in [-0.4, -0.2) is 52.8 Å². The lowest BCUT2D eigenvalue weighted by Gasteiger charge is -2.58. The van der Waals surface area contributed by atoms with Gasteiger partial charge in [0.15, 0.2) is 11.9 Å². The van der Waals surface area contributed by atoms with Gasteiger partial charge in [-0.3, -0.25) is 4.98 Å². The minimum Gasteiger partial charge on any atom is -0.497 e. The highest BCUT2D eigenvalue weighted by Crippen LogP contribution is 2.50. The van der Waals surface area contributed by atoms with Crippen LogP contribution in [0.3, 0.4) is 0 Å². The maximum atomic E-state index is 7.50. The zero-order chi connectivity index (χ0) is 35.7. The Labute approximate surface area is 310 Å². The fourth-order valence-electron chi connectivity index (χ4n) is 8.58. The van der Waals surface area contributed by atoms with Gasteiger partial charge >= 0.3 is 0 Å². The number of rotatable bonds is 11. The summed E-state index contributed by atoms with van der Waals surface area (Å²) in [5.74, 6) is 3.42. The second kappa shape index (κ2) is 14.4. The Hall–Kier alpha value is -5.24. The summed E-state index contributed by atoms with van der Waals surface area (Å²) in [5, 5.41) is 1.40. The van der Waals surface area contributed by atoms with Crippen LogP contribution in [-0.2, 0) is 6.54 Å². The molecule has 2 aromatic heterocycles. The number of piperidine rings is 3. The molecule has 3 aliphatic heterocycles. The molecule has 0 spiro atoms. The van der Waals surface area contributed by atoms with Crippen molar-refractivity contribution in [2.75, 3.05) is 27.3 Å². The average molecular weight is 710 g/mol. The fraction of sp³-hybridized carbons (Fsp3) is 0.250. The fourth-order valence-corrected chi connectivity index (χ4v) is 8.85. The van der Waals surface area contributed by atoms with E-state index < -0.39 is 6.10 Å². The molecule has 0 N–H and O–H groups in total. The first kappa shape index (κ1) is 33.9. The molecule has 7 nitrogen and oxygen atoms in total. The Bertz CT molecular complexity index is 2190. The molecule has 0 saturated carbocycles. The number of para-hydroxylation sites is 1. The number of hydrogen-bond donors (Lipinski definition) is 0. The van der Waals surface area contributed by atoms with Crippen LogP contribution in [0.2, 0.25) is 5.15 Å². The summed E-state index contributed by atoms with van der Waals surface area (Å²) in [4.78, 5) is 14.7. The molecule has 6 aromatic rings. The molecule has 0 aliphatic carbocycles. The van der Waals surface area contributed by atoms with Gasteiger partial charge in [-0.1, -0.05) is 96.5 Å². The Morgan fingerprint density at radius 3 is 2.27 bits per heavy atom. The van der Waals surface area contributed by atoms with Crippen LogP contribution in [0, 0.1) is 11.8 Å². The van der Waals surface area contributed by atoms with Crippen LogP contribution in [0.25, 0.3) is 33.4 Å². The molecule has 3 fully saturated rings. The molecule has 52 heavy (non-hydrogen) atoms. The third kappa shape index (κ3) is 6.40. The minimum absolute atomic E-state index is 0.0653. The third-order valence-corrected chi connectivity index (χ3v) is 11.4. The predicted octanol–water partition coefficient (Wildman–Crippen LogP) is 9.76. The topological polar surface area (TPSA) is 66.4 Å². The second-order valence-electron chi connectivity index (χ2n) is 14.0. The number of ether oxygens (including phenoxy) is 3. The summed E-state index contributed by atoms with van der Waals surface area (Å²) >= 11 is 7.14. The molecular weight excluding hydrogens is 668 g/mol. The Morgan fingerprint density at radius 1 is 0.865 bits per heavy atom. The zero-order valence-electron chi connectivity index (χ0n) is 29.5. The monoisotopic (exact) mass is 709 g/mol. The number of nitrogens with zero attached hydrogens (tertiary/aromatic N) is 4. The standard InChI is InChI=1S/C44H42ClN4O3/c1-4-30-28-49(27-29-23-34(50-2)26-35(24-29)51-3)22-20-33(30)25-39(49)41(37-19-21-46-38-18-12-11-17-36(37)38)52-44-40(31-13-7-5-8-14-31)42(45)47-43(48-44)32-15-9-6-10-16-32/h4-19,21,23-24,26,30,33,39,41H,1,20,22,25,27-28H2,2-3H3/q+1/t30-,33-,39+,41-,49?/m0/s1. The predicted molar refractivity (Wildman–Crippen MR) is 206 cm³/mol. The highest BCUT2D eigenvalue weighted by molar-refractivity contribution is 6.32. The molecule has 0 amide bonds. The van der Waals surface area contributed by atoms with Gasteiger partial charge in [-0.25, -0.2) is 4.98 Å². The van der Waals surface area contributed by atoms with E-state index in [0.29, 0.717) is 34.3 Å². The number of benzene rings is 4. The third-order valence-electron chi connectivity index (χ3n) is 11.1. The van der Waals surface area contributed by atoms with Crippen molar-refractivity contribution in [3.8, 4) is 39.9 Å². The minimum atomic E-state index is -0.397. The molecule has 2 bridgehead atoms. The van der Waals surface area contributed by atoms with E-state index >= 15 is 0 Å². The van der Waals surface area contributed by atoms with Crippen LogP contribution in [0.5, 0.6) is 17.4 Å². The SMILES string of the molecule is C=C[C@H]1C[N+]2(Cc3cc(OC)cc(OC)c3)CC[C@H]1C[C@@H]2[C@@H](Oc1nc(-c2ccccc2)nc(Cl)c1-c1ccccc1)c1ccnc2ccccc12. The summed E-state index contributed by atoms with van der Waals surface area (Å²) in [6, 6.07) is 36.7. The molecule has 8 heteroatoms. The van der Waals surface area contributed by atoms with E-state index in [9.17, 15) is 0 Å². The van der Waals surface area contributed by atoms with Gasteiger partial charge in [-0.05, 0) is 35.7 Å². The van der Waals surface area contributed by atoms with Crippen molar-refractivity contribution in [1.29, 1.82) is 0 Å². The summed E-state index contributed by atoms with van der Waals surface area (Å²) < 4.78 is 19.8. The first-order valence-corrected chi connectivity index (χ1v) is 18.3. The lowest BCUT2D eigenvalue weighted by atomic mass is 9.71. The summed E-state index contributed by atoms with van der Waals surface area (Å²) in [5.41, 5.74) is 5.59. The van der Waals surface area contributed by atoms with Crippen molar-refractivity contribution in [2.45, 2.75) is 31.5 Å². The molecule has 5 heterocycles. The summed E-state index contributed by atoms with van der Waals surface area (Å²) in [6.07, 6.45) is 5.75. The van der Waals surface area contributed by atoms with E-state index in [1.807, 2.05) is 79.0 Å². The number of quaternary nitrogens is 1. The number of hydrogen-bond acceptors (Lipinski definition) is 6. The van der Waals surface area contributed by atoms with Gasteiger partial charge in [0.2, 0.25) is 5.88 Å². The number of methoxy groups -OCH3 is 2. The van der Waals surface area contributed by atoms with Crippen molar-refractivity contribution >= 4 is 22.5 Å². The van der Waals surface area contributed by atoms with E-state index in [0.717, 1.165) is 81.6 Å². The van der Waals surface area contributed by atoms with Gasteiger partial charge in [-0.2, -0.15) is 4.98 Å². The van der Waals surface area contributed by atoms with Crippen molar-refractivity contribution in [2.24, 2.45) is 11.8 Å². The van der Waals surface area contributed by atoms with Crippen LogP contribution in [0.1, 0.15) is 30.1 Å². The Kier molecular flexibility index (Phi) is 9.39. The summed E-state index contributed by atoms with van der Waals surface area (Å²) in [6.45, 7) is 7.04. The number of aromatic nitrogens is 3. The number of halogens is 1. The smallest absolute Gasteiger partial charge is 0.227 e. The van der Waals surface area contributed by atoms with Crippen molar-refractivity contribution in [1.82, 2.24) is 15.0 Å². The molecule has 4 aromatic carbocycles. The normalized spacial score (nSPS) is 21.4. The van der Waals surface area contributed by atoms with Crippen LogP contribution in [0.15, 0.2) is 128 Å². The molecular formula is C44H42ClN4O3+. The van der Waals surface area contributed by atoms with Crippen LogP contribution < -0.4 is 14.2 Å². The number of pyridine rings is 1. The van der Waals surface area contributed by atoms with Gasteiger partial charge in [-0.15, -0.1) is 6.58 Å². The van der Waals surface area contributed by atoms with E-state index in [1.165, 1.54) is 0 Å². The zero-order valence-corrected chi connectivity index (χ0v) is 30.2. The largest absolute Gasteiger partial charge is 0.497 e. The molecule has 5 atom stereocenters. The summed E-state index contributed by atoms with van der Waals surface area (Å²) in [7, 11) is 3.40. The van der Waals surface area contributed by atoms with Crippen LogP contribution in [0.4, 0.5) is 0 Å². The van der Waals surface area contributed by atoms with Gasteiger partial charge in [0, 0.05) is 53.1 Å². The lowest BCUT2D eigenvalue weighted by Crippen LogP contribution is -2.68. The molecule has 3 saturated heterocycles. The Morgan fingerprint density at radius 2 is 1.56 bits per heavy atom. The Balaban J connectivity index is 1.33. The number of fused-ring (bicyclic) bond motifs is 4. The molecule has 3 aliphatic rings. The quantitative estimate of drug-likeness (QED) is 0.0758. The van der Waals surface area contributed by atoms with Crippen LogP contribution >= 0.6 is 11.6 Å². The van der Waals surface area contributed by atoms with Crippen molar-refractivity contribution in [3.05, 3.63) is 144 Å². The first-order chi connectivity index (χ1) is 25.5. The van der Waals surface area contributed by atoms with E-state index in [2.05, 4.69) is 49.1 Å². The first-order valence-electron chi connectivity index (χ1n) is 17.9. The molecule has 9 rings (SSSR count). The van der Waals surface area contributed by atoms with E-state index in [-0.39, 0.29) is 6.04 Å². The molecule has 0 radical (unpaired) electrons. The van der Waals surface area contributed by atoms with Gasteiger partial charge in [0.1, 0.15) is 29.2 Å². The maximum Gasteiger partial charge on any atom is 0.227 e. The van der Waals surface area contributed by atoms with Crippen molar-refractivity contribution < 1.29 is 18.7 Å². The maximum absolute atomic E-state index is 7.50. The van der Waals surface area contributed by atoms with Gasteiger partial charge < -0.3 is 18.7 Å². The molecule has 262 valence electrons. The lowest BCUT2D eigenvalue weighted by molar-refractivity contribution is -0.984. The van der Waals surface area contributed by atoms with E-state index in [4.69, 9.17) is 40.8 Å². The van der Waals surface area contributed by atoms with E-state index in [1.54, 1.807) is 14.2 Å². The molecule has 1 unspecified atom stereocenters. The average Bonchev–Trinajstić information content (AvgIpc) is 3.20. The van der Waals surface area contributed by atoms with Gasteiger partial charge in [0.05, 0.1) is 38.4 Å².